The van der Waals surface area contributed by atoms with E-state index in [0.717, 1.165) is 11.1 Å². The Morgan fingerprint density at radius 2 is 1.63 bits per heavy atom. The van der Waals surface area contributed by atoms with Crippen LogP contribution in [0, 0.1) is 13.8 Å². The molecule has 2 atom stereocenters. The second-order valence-corrected chi connectivity index (χ2v) is 11.4. The molecule has 0 aliphatic rings. The number of aliphatic hydroxyl groups excluding tert-OH is 1. The molecule has 2 rings (SSSR count). The molecular formula is C29H40ClN3O5. The van der Waals surface area contributed by atoms with Gasteiger partial charge in [-0.1, -0.05) is 60.5 Å². The summed E-state index contributed by atoms with van der Waals surface area (Å²) < 4.78 is 5.30. The molecule has 2 aromatic rings. The van der Waals surface area contributed by atoms with E-state index < -0.39 is 47.7 Å². The zero-order valence-electron chi connectivity index (χ0n) is 23.5. The third kappa shape index (κ3) is 7.95. The van der Waals surface area contributed by atoms with Crippen molar-refractivity contribution in [1.29, 1.82) is 0 Å². The summed E-state index contributed by atoms with van der Waals surface area (Å²) in [6.07, 6.45) is -0.355. The van der Waals surface area contributed by atoms with Gasteiger partial charge in [0.25, 0.3) is 5.91 Å². The summed E-state index contributed by atoms with van der Waals surface area (Å²) in [6.45, 7) is 13.7. The van der Waals surface area contributed by atoms with Crippen LogP contribution in [0.25, 0.3) is 0 Å². The minimum Gasteiger partial charge on any atom is -0.444 e. The van der Waals surface area contributed by atoms with E-state index in [1.54, 1.807) is 45.0 Å². The van der Waals surface area contributed by atoms with Gasteiger partial charge in [0.05, 0.1) is 17.3 Å². The largest absolute Gasteiger partial charge is 0.444 e. The van der Waals surface area contributed by atoms with E-state index in [1.165, 1.54) is 4.90 Å². The summed E-state index contributed by atoms with van der Waals surface area (Å²) in [7, 11) is 0. The first-order chi connectivity index (χ1) is 17.6. The number of halogens is 1. The Morgan fingerprint density at radius 3 is 2.13 bits per heavy atom. The van der Waals surface area contributed by atoms with Gasteiger partial charge in [-0.2, -0.15) is 0 Å². The molecule has 8 nitrogen and oxygen atoms in total. The van der Waals surface area contributed by atoms with E-state index in [2.05, 4.69) is 10.6 Å². The molecule has 0 saturated heterocycles. The molecule has 0 radical (unpaired) electrons. The fraction of sp³-hybridized carbons (Fsp3) is 0.483. The van der Waals surface area contributed by atoms with E-state index in [0.29, 0.717) is 22.7 Å². The summed E-state index contributed by atoms with van der Waals surface area (Å²) in [5.74, 6) is -1.10. The number of hydrogen-bond donors (Lipinski definition) is 3. The van der Waals surface area contributed by atoms with Gasteiger partial charge in [0.15, 0.2) is 0 Å². The Labute approximate surface area is 230 Å². The van der Waals surface area contributed by atoms with Crippen LogP contribution in [-0.4, -0.2) is 51.7 Å². The van der Waals surface area contributed by atoms with Crippen LogP contribution < -0.4 is 10.6 Å². The number of carbonyl (C=O) groups is 3. The van der Waals surface area contributed by atoms with Crippen LogP contribution >= 0.6 is 11.6 Å². The Balaban J connectivity index is 2.61. The van der Waals surface area contributed by atoms with Crippen molar-refractivity contribution in [2.45, 2.75) is 85.0 Å². The second-order valence-electron chi connectivity index (χ2n) is 11.0. The maximum Gasteiger partial charge on any atom is 0.408 e. The van der Waals surface area contributed by atoms with Gasteiger partial charge in [0.2, 0.25) is 5.91 Å². The lowest BCUT2D eigenvalue weighted by Crippen LogP contribution is -2.59. The summed E-state index contributed by atoms with van der Waals surface area (Å²) >= 11 is 6.40. The molecule has 0 heterocycles. The fourth-order valence-electron chi connectivity index (χ4n) is 3.90. The van der Waals surface area contributed by atoms with E-state index >= 15 is 0 Å². The number of ether oxygens (including phenoxy) is 1. The highest BCUT2D eigenvalue weighted by Gasteiger charge is 2.43. The summed E-state index contributed by atoms with van der Waals surface area (Å²) in [5.41, 5.74) is 1.13. The molecule has 0 aliphatic carbocycles. The summed E-state index contributed by atoms with van der Waals surface area (Å²) in [5, 5.41) is 15.9. The number of nitrogens with one attached hydrogen (secondary N) is 2. The third-order valence-corrected chi connectivity index (χ3v) is 6.61. The molecule has 0 aromatic heterocycles. The predicted octanol–water partition coefficient (Wildman–Crippen LogP) is 5.54. The number of aryl methyl sites for hydroxylation is 2. The number of anilines is 1. The summed E-state index contributed by atoms with van der Waals surface area (Å²) in [4.78, 5) is 42.0. The molecule has 9 heteroatoms. The van der Waals surface area contributed by atoms with Gasteiger partial charge in [-0.15, -0.1) is 0 Å². The molecule has 0 fully saturated rings. The van der Waals surface area contributed by atoms with Crippen LogP contribution in [0.4, 0.5) is 10.5 Å². The normalized spacial score (nSPS) is 13.3. The monoisotopic (exact) mass is 545 g/mol. The first kappa shape index (κ1) is 31.1. The summed E-state index contributed by atoms with van der Waals surface area (Å²) in [6, 6.07) is 10.2. The van der Waals surface area contributed by atoms with Crippen LogP contribution in [0.3, 0.4) is 0 Å². The first-order valence-corrected chi connectivity index (χ1v) is 13.0. The standard InChI is InChI=1S/C29H40ClN3O5/c1-9-29(7,8)33(26(36)22(17-34)31-27(37)38-28(4,5)6)24(20-15-13-18(2)14-16-20)25(35)32-23-19(3)11-10-12-21(23)30/h10-16,22,24,34H,9,17H2,1-8H3,(H,31,37)(H,32,35). The Morgan fingerprint density at radius 1 is 1.03 bits per heavy atom. The highest BCUT2D eigenvalue weighted by molar-refractivity contribution is 6.34. The smallest absolute Gasteiger partial charge is 0.408 e. The van der Waals surface area contributed by atoms with Crippen molar-refractivity contribution >= 4 is 35.2 Å². The number of benzene rings is 2. The molecule has 2 aromatic carbocycles. The Kier molecular flexibility index (Phi) is 10.3. The molecule has 0 bridgehead atoms. The number of amides is 3. The Hall–Kier alpha value is -3.10. The van der Waals surface area contributed by atoms with E-state index in [1.807, 2.05) is 52.8 Å². The van der Waals surface area contributed by atoms with Crippen LogP contribution in [0.15, 0.2) is 42.5 Å². The van der Waals surface area contributed by atoms with Crippen molar-refractivity contribution < 1.29 is 24.2 Å². The SMILES string of the molecule is CCC(C)(C)N(C(=O)C(CO)NC(=O)OC(C)(C)C)C(C(=O)Nc1c(C)cccc1Cl)c1ccc(C)cc1. The predicted molar refractivity (Wildman–Crippen MR) is 150 cm³/mol. The second kappa shape index (κ2) is 12.6. The van der Waals surface area contributed by atoms with Gasteiger partial charge in [-0.05, 0) is 72.1 Å². The van der Waals surface area contributed by atoms with Gasteiger partial charge in [-0.25, -0.2) is 4.79 Å². The molecule has 38 heavy (non-hydrogen) atoms. The lowest BCUT2D eigenvalue weighted by molar-refractivity contribution is -0.148. The molecule has 208 valence electrons. The molecule has 3 N–H and O–H groups in total. The van der Waals surface area contributed by atoms with Crippen molar-refractivity contribution in [2.24, 2.45) is 0 Å². The van der Waals surface area contributed by atoms with Crippen molar-refractivity contribution in [3.8, 4) is 0 Å². The minimum atomic E-state index is -1.33. The number of rotatable bonds is 9. The molecule has 3 amide bonds. The van der Waals surface area contributed by atoms with Crippen LogP contribution in [0.2, 0.25) is 5.02 Å². The molecule has 2 unspecified atom stereocenters. The quantitative estimate of drug-likeness (QED) is 0.383. The minimum absolute atomic E-state index is 0.369. The number of alkyl carbamates (subject to hydrolysis) is 1. The zero-order chi connectivity index (χ0) is 28.8. The topological polar surface area (TPSA) is 108 Å². The average molecular weight is 546 g/mol. The first-order valence-electron chi connectivity index (χ1n) is 12.7. The van der Waals surface area contributed by atoms with Crippen molar-refractivity contribution in [3.05, 3.63) is 64.2 Å². The number of nitrogens with zero attached hydrogens (tertiary/aromatic N) is 1. The van der Waals surface area contributed by atoms with Gasteiger partial charge in [0, 0.05) is 5.54 Å². The maximum atomic E-state index is 14.0. The average Bonchev–Trinajstić information content (AvgIpc) is 2.82. The third-order valence-electron chi connectivity index (χ3n) is 6.30. The lowest BCUT2D eigenvalue weighted by atomic mass is 9.91. The number of aliphatic hydroxyl groups is 1. The van der Waals surface area contributed by atoms with E-state index in [-0.39, 0.29) is 0 Å². The molecule has 0 saturated carbocycles. The molecule has 0 aliphatic heterocycles. The van der Waals surface area contributed by atoms with E-state index in [9.17, 15) is 19.5 Å². The van der Waals surface area contributed by atoms with Crippen LogP contribution in [0.5, 0.6) is 0 Å². The fourth-order valence-corrected chi connectivity index (χ4v) is 4.17. The number of hydrogen-bond acceptors (Lipinski definition) is 5. The van der Waals surface area contributed by atoms with Gasteiger partial charge in [0.1, 0.15) is 17.7 Å². The van der Waals surface area contributed by atoms with Crippen LogP contribution in [0.1, 0.15) is 70.7 Å². The van der Waals surface area contributed by atoms with Crippen LogP contribution in [-0.2, 0) is 14.3 Å². The zero-order valence-corrected chi connectivity index (χ0v) is 24.3. The van der Waals surface area contributed by atoms with Crippen molar-refractivity contribution in [2.75, 3.05) is 11.9 Å². The van der Waals surface area contributed by atoms with Crippen molar-refractivity contribution in [3.63, 3.8) is 0 Å². The lowest BCUT2D eigenvalue weighted by Gasteiger charge is -2.44. The molecular weight excluding hydrogens is 506 g/mol. The Bertz CT molecular complexity index is 1120. The van der Waals surface area contributed by atoms with Gasteiger partial charge >= 0.3 is 6.09 Å². The highest BCUT2D eigenvalue weighted by Crippen LogP contribution is 2.34. The number of carbonyl (C=O) groups excluding carboxylic acids is 3. The van der Waals surface area contributed by atoms with Crippen molar-refractivity contribution in [1.82, 2.24) is 10.2 Å². The molecule has 0 spiro atoms. The number of para-hydroxylation sites is 1. The van der Waals surface area contributed by atoms with Gasteiger partial charge < -0.3 is 25.4 Å². The van der Waals surface area contributed by atoms with Gasteiger partial charge in [-0.3, -0.25) is 9.59 Å². The maximum absolute atomic E-state index is 14.0. The highest BCUT2D eigenvalue weighted by atomic mass is 35.5. The van der Waals surface area contributed by atoms with E-state index in [4.69, 9.17) is 16.3 Å².